The molecule has 0 spiro atoms. The summed E-state index contributed by atoms with van der Waals surface area (Å²) in [5.74, 6) is 1.19. The molecule has 0 N–H and O–H groups in total. The van der Waals surface area contributed by atoms with Crippen LogP contribution in [0.25, 0.3) is 100 Å². The van der Waals surface area contributed by atoms with Gasteiger partial charge in [0.2, 0.25) is 33.6 Å². The Kier molecular flexibility index (Phi) is 18.8. The maximum Gasteiger partial charge on any atom is 0.213 e. The number of pyridine rings is 3. The van der Waals surface area contributed by atoms with Crippen molar-refractivity contribution in [2.24, 2.45) is 32.5 Å². The second-order valence-corrected chi connectivity index (χ2v) is 27.8. The van der Waals surface area contributed by atoms with Crippen LogP contribution >= 0.6 is 0 Å². The molecule has 6 aromatic carbocycles. The lowest BCUT2D eigenvalue weighted by Gasteiger charge is -2.17. The lowest BCUT2D eigenvalue weighted by atomic mass is 9.91. The van der Waals surface area contributed by atoms with Crippen molar-refractivity contribution in [2.75, 3.05) is 0 Å². The Labute approximate surface area is 546 Å². The maximum atomic E-state index is 4.75. The number of hydrogen-bond acceptors (Lipinski definition) is 6. The van der Waals surface area contributed by atoms with Crippen LogP contribution in [0.1, 0.15) is 133 Å². The summed E-state index contributed by atoms with van der Waals surface area (Å²) in [6, 6.07) is 46.7. The minimum atomic E-state index is 0.208. The standard InChI is InChI=1S/C28H30N3.C28H32N3.C27H30N3/c1-18-13-19(2)20(3)24(14-18)28-12-10-23-15-22(9-11-27(23)31(28)4)26-17-29-25(16-30-26)21-7-5-6-8-21;1-18-12-19(2)20(3)24(13-18)27-11-9-22-14-21(8-10-26(22)31(27)7)25-17-29-23(16-30-25)15-28(4,5)6;1-17(2)11-23-15-29-25(16-28-23)21-7-9-26-22(14-21)8-10-27(30(26)6)24-13-18(3)12-19(4)20(24)5/h9-17,21H,5-8H2,1-4H3;8-14,16-17H,15H2,1-7H3;7-10,12-17H,11H2,1-6H3/q3*+1. The number of aromatic nitrogens is 9. The molecule has 0 unspecified atom stereocenters. The van der Waals surface area contributed by atoms with E-state index < -0.39 is 0 Å². The maximum absolute atomic E-state index is 4.75. The number of rotatable bonds is 10. The van der Waals surface area contributed by atoms with E-state index in [1.54, 1.807) is 0 Å². The topological polar surface area (TPSA) is 89.0 Å². The second-order valence-electron chi connectivity index (χ2n) is 27.8. The summed E-state index contributed by atoms with van der Waals surface area (Å²) in [5.41, 5.74) is 32.7. The molecule has 466 valence electrons. The molecule has 0 radical (unpaired) electrons. The van der Waals surface area contributed by atoms with E-state index in [2.05, 4.69) is 279 Å². The highest BCUT2D eigenvalue weighted by Crippen LogP contribution is 2.35. The van der Waals surface area contributed by atoms with Gasteiger partial charge in [-0.1, -0.05) is 82.3 Å². The number of hydrogen-bond donors (Lipinski definition) is 0. The first-order valence-electron chi connectivity index (χ1n) is 32.9. The lowest BCUT2D eigenvalue weighted by molar-refractivity contribution is -0.633. The van der Waals surface area contributed by atoms with Gasteiger partial charge in [-0.25, -0.2) is 0 Å². The largest absolute Gasteiger partial charge is 0.257 e. The Balaban J connectivity index is 0.000000141. The summed E-state index contributed by atoms with van der Waals surface area (Å²) in [4.78, 5) is 28.1. The first kappa shape index (κ1) is 64.3. The number of benzene rings is 6. The van der Waals surface area contributed by atoms with Crippen LogP contribution in [0.5, 0.6) is 0 Å². The summed E-state index contributed by atoms with van der Waals surface area (Å²) in [6.45, 7) is 30.8. The van der Waals surface area contributed by atoms with Crippen LogP contribution in [-0.4, -0.2) is 29.9 Å². The summed E-state index contributed by atoms with van der Waals surface area (Å²) in [5, 5.41) is 3.62. The Morgan fingerprint density at radius 1 is 0.402 bits per heavy atom. The molecule has 0 amide bonds. The van der Waals surface area contributed by atoms with Gasteiger partial charge in [-0.2, -0.15) is 13.7 Å². The molecule has 6 heterocycles. The fourth-order valence-electron chi connectivity index (χ4n) is 13.5. The molecule has 9 heteroatoms. The van der Waals surface area contributed by atoms with Gasteiger partial charge >= 0.3 is 0 Å². The first-order valence-corrected chi connectivity index (χ1v) is 32.9. The van der Waals surface area contributed by atoms with Crippen molar-refractivity contribution in [3.8, 4) is 67.5 Å². The zero-order chi connectivity index (χ0) is 65.3. The average Bonchev–Trinajstić information content (AvgIpc) is 0.854. The van der Waals surface area contributed by atoms with E-state index in [4.69, 9.17) is 9.97 Å². The predicted molar refractivity (Wildman–Crippen MR) is 380 cm³/mol. The smallest absolute Gasteiger partial charge is 0.213 e. The highest BCUT2D eigenvalue weighted by molar-refractivity contribution is 5.86. The van der Waals surface area contributed by atoms with Gasteiger partial charge in [0.15, 0.2) is 0 Å². The van der Waals surface area contributed by atoms with Crippen molar-refractivity contribution < 1.29 is 13.7 Å². The van der Waals surface area contributed by atoms with Gasteiger partial charge in [0.25, 0.3) is 0 Å². The van der Waals surface area contributed by atoms with E-state index in [1.807, 2.05) is 37.2 Å². The molecule has 0 aliphatic heterocycles. The Morgan fingerprint density at radius 3 is 1.09 bits per heavy atom. The molecule has 1 saturated carbocycles. The molecular weight excluding hydrogens is 1120 g/mol. The SMILES string of the molecule is Cc1cc(C)c(C)c(-c2ccc3cc(-c4cnc(C5CCCC5)cn4)ccc3[n+]2C)c1.Cc1cc(C)c(C)c(-c2ccc3cc(-c4cnc(CC(C)(C)C)cn4)ccc3[n+]2C)c1.Cc1cc(C)c(C)c(-c2ccc3cc(-c4cnc(CC(C)C)cn4)ccc3[n+]2C)c1. The van der Waals surface area contributed by atoms with E-state index in [9.17, 15) is 0 Å². The van der Waals surface area contributed by atoms with Crippen LogP contribution in [0, 0.1) is 73.6 Å². The van der Waals surface area contributed by atoms with Crippen molar-refractivity contribution in [3.63, 3.8) is 0 Å². The van der Waals surface area contributed by atoms with Gasteiger partial charge in [0, 0.05) is 110 Å². The van der Waals surface area contributed by atoms with Crippen molar-refractivity contribution >= 4 is 32.7 Å². The Bertz CT molecular complexity index is 4700. The fourth-order valence-corrected chi connectivity index (χ4v) is 13.5. The molecule has 0 bridgehead atoms. The minimum absolute atomic E-state index is 0.208. The zero-order valence-corrected chi connectivity index (χ0v) is 57.5. The average molecular weight is 1220 g/mol. The molecule has 0 saturated heterocycles. The monoisotopic (exact) mass is 1210 g/mol. The molecule has 6 aromatic heterocycles. The van der Waals surface area contributed by atoms with Crippen LogP contribution < -0.4 is 13.7 Å². The molecule has 13 rings (SSSR count). The second kappa shape index (κ2) is 26.9. The Hall–Kier alpha value is -9.21. The molecule has 1 aliphatic carbocycles. The summed E-state index contributed by atoms with van der Waals surface area (Å²) in [6.07, 6.45) is 18.6. The summed E-state index contributed by atoms with van der Waals surface area (Å²) in [7, 11) is 6.45. The Morgan fingerprint density at radius 2 is 0.761 bits per heavy atom. The van der Waals surface area contributed by atoms with E-state index in [0.717, 1.165) is 63.7 Å². The van der Waals surface area contributed by atoms with Crippen LogP contribution in [0.15, 0.2) is 165 Å². The highest BCUT2D eigenvalue weighted by atomic mass is 15.0. The molecule has 0 atom stereocenters. The fraction of sp³-hybridized carbons (Fsp3) is 0.313. The van der Waals surface area contributed by atoms with Gasteiger partial charge in [-0.15, -0.1) is 0 Å². The van der Waals surface area contributed by atoms with E-state index in [1.165, 1.54) is 142 Å². The lowest BCUT2D eigenvalue weighted by Crippen LogP contribution is -2.32. The molecule has 1 aliphatic rings. The molecule has 9 nitrogen and oxygen atoms in total. The van der Waals surface area contributed by atoms with Crippen molar-refractivity contribution in [3.05, 3.63) is 232 Å². The third kappa shape index (κ3) is 14.1. The van der Waals surface area contributed by atoms with E-state index >= 15 is 0 Å². The molecule has 92 heavy (non-hydrogen) atoms. The van der Waals surface area contributed by atoms with Gasteiger partial charge in [-0.3, -0.25) is 29.9 Å². The number of aryl methyl sites for hydroxylation is 9. The van der Waals surface area contributed by atoms with Crippen molar-refractivity contribution in [2.45, 2.75) is 141 Å². The van der Waals surface area contributed by atoms with Crippen molar-refractivity contribution in [1.29, 1.82) is 0 Å². The van der Waals surface area contributed by atoms with Crippen molar-refractivity contribution in [1.82, 2.24) is 29.9 Å². The summed E-state index contributed by atoms with van der Waals surface area (Å²) >= 11 is 0. The molecule has 12 aromatic rings. The van der Waals surface area contributed by atoms with Gasteiger partial charge < -0.3 is 0 Å². The highest BCUT2D eigenvalue weighted by Gasteiger charge is 2.23. The van der Waals surface area contributed by atoms with Gasteiger partial charge in [-0.05, 0) is 206 Å². The van der Waals surface area contributed by atoms with Crippen LogP contribution in [0.2, 0.25) is 0 Å². The molecular formula is C83H92N9+3. The molecule has 1 fully saturated rings. The quantitative estimate of drug-likeness (QED) is 0.127. The van der Waals surface area contributed by atoms with Gasteiger partial charge in [0.05, 0.1) is 52.8 Å². The third-order valence-corrected chi connectivity index (χ3v) is 18.8. The van der Waals surface area contributed by atoms with Crippen LogP contribution in [-0.2, 0) is 34.0 Å². The van der Waals surface area contributed by atoms with E-state index in [0.29, 0.717) is 11.8 Å². The predicted octanol–water partition coefficient (Wildman–Crippen LogP) is 18.6. The normalized spacial score (nSPS) is 12.6. The van der Waals surface area contributed by atoms with Crippen LogP contribution in [0.3, 0.4) is 0 Å². The minimum Gasteiger partial charge on any atom is -0.257 e. The third-order valence-electron chi connectivity index (χ3n) is 18.8. The summed E-state index contributed by atoms with van der Waals surface area (Å²) < 4.78 is 6.88. The number of nitrogens with zero attached hydrogens (tertiary/aromatic N) is 9. The first-order chi connectivity index (χ1) is 44.0. The van der Waals surface area contributed by atoms with E-state index in [-0.39, 0.29) is 5.41 Å². The van der Waals surface area contributed by atoms with Crippen LogP contribution in [0.4, 0.5) is 0 Å². The van der Waals surface area contributed by atoms with Gasteiger partial charge in [0.1, 0.15) is 21.1 Å². The number of fused-ring (bicyclic) bond motifs is 3. The zero-order valence-electron chi connectivity index (χ0n) is 57.5.